The third-order valence-corrected chi connectivity index (χ3v) is 3.93. The molecule has 0 aliphatic carbocycles. The van der Waals surface area contributed by atoms with Crippen LogP contribution in [0.5, 0.6) is 11.5 Å². The Labute approximate surface area is 122 Å². The standard InChI is InChI=1S/C16H26N2O2/c1-4-17-14-7-9-18(10-8-14)12-13-5-6-15(19-2)16(11-13)20-3/h5-6,11,14,17H,4,7-10,12H2,1-3H3. The zero-order valence-electron chi connectivity index (χ0n) is 12.8. The van der Waals surface area contributed by atoms with Crippen molar-refractivity contribution in [1.29, 1.82) is 0 Å². The smallest absolute Gasteiger partial charge is 0.161 e. The van der Waals surface area contributed by atoms with E-state index >= 15 is 0 Å². The molecule has 0 radical (unpaired) electrons. The molecule has 1 aliphatic rings. The first kappa shape index (κ1) is 15.1. The minimum atomic E-state index is 0.696. The highest BCUT2D eigenvalue weighted by atomic mass is 16.5. The molecule has 20 heavy (non-hydrogen) atoms. The number of benzene rings is 1. The van der Waals surface area contributed by atoms with Crippen LogP contribution in [0.4, 0.5) is 0 Å². The van der Waals surface area contributed by atoms with E-state index in [9.17, 15) is 0 Å². The van der Waals surface area contributed by atoms with Gasteiger partial charge in [-0.2, -0.15) is 0 Å². The molecule has 2 rings (SSSR count). The number of nitrogens with one attached hydrogen (secondary N) is 1. The van der Waals surface area contributed by atoms with Gasteiger partial charge in [0.1, 0.15) is 0 Å². The summed E-state index contributed by atoms with van der Waals surface area (Å²) in [6.07, 6.45) is 2.47. The van der Waals surface area contributed by atoms with Gasteiger partial charge >= 0.3 is 0 Å². The highest BCUT2D eigenvalue weighted by Crippen LogP contribution is 2.28. The molecule has 0 bridgehead atoms. The fourth-order valence-electron chi connectivity index (χ4n) is 2.82. The third-order valence-electron chi connectivity index (χ3n) is 3.93. The molecule has 112 valence electrons. The molecule has 1 aromatic carbocycles. The molecule has 4 nitrogen and oxygen atoms in total. The van der Waals surface area contributed by atoms with E-state index in [-0.39, 0.29) is 0 Å². The molecule has 0 atom stereocenters. The number of hydrogen-bond acceptors (Lipinski definition) is 4. The van der Waals surface area contributed by atoms with Crippen LogP contribution in [0, 0.1) is 0 Å². The van der Waals surface area contributed by atoms with Crippen molar-refractivity contribution in [1.82, 2.24) is 10.2 Å². The van der Waals surface area contributed by atoms with Crippen LogP contribution in [0.1, 0.15) is 25.3 Å². The monoisotopic (exact) mass is 278 g/mol. The first-order valence-corrected chi connectivity index (χ1v) is 7.43. The average Bonchev–Trinajstić information content (AvgIpc) is 2.49. The number of methoxy groups -OCH3 is 2. The number of rotatable bonds is 6. The second kappa shape index (κ2) is 7.50. The van der Waals surface area contributed by atoms with Crippen LogP contribution >= 0.6 is 0 Å². The maximum absolute atomic E-state index is 5.36. The molecule has 4 heteroatoms. The summed E-state index contributed by atoms with van der Waals surface area (Å²) in [5.74, 6) is 1.61. The molecule has 0 amide bonds. The van der Waals surface area contributed by atoms with Crippen LogP contribution in [-0.4, -0.2) is 44.8 Å². The van der Waals surface area contributed by atoms with Crippen molar-refractivity contribution >= 4 is 0 Å². The van der Waals surface area contributed by atoms with Crippen molar-refractivity contribution in [2.24, 2.45) is 0 Å². The van der Waals surface area contributed by atoms with Crippen LogP contribution in [0.2, 0.25) is 0 Å². The molecule has 1 heterocycles. The van der Waals surface area contributed by atoms with E-state index in [1.807, 2.05) is 6.07 Å². The van der Waals surface area contributed by atoms with Crippen molar-refractivity contribution in [3.05, 3.63) is 23.8 Å². The Kier molecular flexibility index (Phi) is 5.68. The Balaban J connectivity index is 1.91. The number of nitrogens with zero attached hydrogens (tertiary/aromatic N) is 1. The summed E-state index contributed by atoms with van der Waals surface area (Å²) >= 11 is 0. The second-order valence-electron chi connectivity index (χ2n) is 5.30. The van der Waals surface area contributed by atoms with E-state index in [1.54, 1.807) is 14.2 Å². The van der Waals surface area contributed by atoms with Gasteiger partial charge in [0, 0.05) is 12.6 Å². The summed E-state index contributed by atoms with van der Waals surface area (Å²) in [5, 5.41) is 3.54. The summed E-state index contributed by atoms with van der Waals surface area (Å²) < 4.78 is 10.6. The largest absolute Gasteiger partial charge is 0.493 e. The summed E-state index contributed by atoms with van der Waals surface area (Å²) in [6.45, 7) is 6.55. The molecular formula is C16H26N2O2. The molecule has 0 saturated carbocycles. The lowest BCUT2D eigenvalue weighted by Gasteiger charge is -2.32. The van der Waals surface area contributed by atoms with Crippen LogP contribution in [0.15, 0.2) is 18.2 Å². The molecule has 1 N–H and O–H groups in total. The van der Waals surface area contributed by atoms with Gasteiger partial charge in [-0.15, -0.1) is 0 Å². The predicted molar refractivity (Wildman–Crippen MR) is 81.5 cm³/mol. The molecule has 1 aromatic rings. The average molecular weight is 278 g/mol. The Bertz CT molecular complexity index is 415. The summed E-state index contributed by atoms with van der Waals surface area (Å²) in [6, 6.07) is 6.88. The third kappa shape index (κ3) is 3.87. The van der Waals surface area contributed by atoms with Crippen molar-refractivity contribution in [2.75, 3.05) is 33.9 Å². The van der Waals surface area contributed by atoms with E-state index in [1.165, 1.54) is 18.4 Å². The molecule has 0 aromatic heterocycles. The van der Waals surface area contributed by atoms with Crippen molar-refractivity contribution in [2.45, 2.75) is 32.4 Å². The van der Waals surface area contributed by atoms with Gasteiger partial charge in [-0.3, -0.25) is 4.90 Å². The van der Waals surface area contributed by atoms with Crippen molar-refractivity contribution < 1.29 is 9.47 Å². The maximum Gasteiger partial charge on any atom is 0.161 e. The molecule has 0 unspecified atom stereocenters. The van der Waals surface area contributed by atoms with E-state index in [0.717, 1.165) is 37.7 Å². The molecule has 1 aliphatic heterocycles. The van der Waals surface area contributed by atoms with Crippen LogP contribution in [-0.2, 0) is 6.54 Å². The minimum absolute atomic E-state index is 0.696. The van der Waals surface area contributed by atoms with Crippen LogP contribution in [0.3, 0.4) is 0 Å². The van der Waals surface area contributed by atoms with Gasteiger partial charge in [-0.1, -0.05) is 13.0 Å². The Morgan fingerprint density at radius 3 is 2.45 bits per heavy atom. The first-order chi connectivity index (χ1) is 9.76. The summed E-state index contributed by atoms with van der Waals surface area (Å²) in [5.41, 5.74) is 1.28. The zero-order valence-corrected chi connectivity index (χ0v) is 12.8. The number of ether oxygens (including phenoxy) is 2. The SMILES string of the molecule is CCNC1CCN(Cc2ccc(OC)c(OC)c2)CC1. The van der Waals surface area contributed by atoms with Crippen LogP contribution < -0.4 is 14.8 Å². The van der Waals surface area contributed by atoms with Gasteiger partial charge in [0.2, 0.25) is 0 Å². The predicted octanol–water partition coefficient (Wildman–Crippen LogP) is 2.28. The maximum atomic E-state index is 5.36. The molecule has 1 fully saturated rings. The number of likely N-dealkylation sites (tertiary alicyclic amines) is 1. The lowest BCUT2D eigenvalue weighted by molar-refractivity contribution is 0.191. The number of piperidine rings is 1. The minimum Gasteiger partial charge on any atom is -0.493 e. The van der Waals surface area contributed by atoms with E-state index in [4.69, 9.17) is 9.47 Å². The topological polar surface area (TPSA) is 33.7 Å². The lowest BCUT2D eigenvalue weighted by Crippen LogP contribution is -2.42. The van der Waals surface area contributed by atoms with E-state index < -0.39 is 0 Å². The molecule has 1 saturated heterocycles. The Morgan fingerprint density at radius 1 is 1.15 bits per heavy atom. The van der Waals surface area contributed by atoms with E-state index in [2.05, 4.69) is 29.3 Å². The fourth-order valence-corrected chi connectivity index (χ4v) is 2.82. The van der Waals surface area contributed by atoms with Crippen molar-refractivity contribution in [3.63, 3.8) is 0 Å². The van der Waals surface area contributed by atoms with Crippen LogP contribution in [0.25, 0.3) is 0 Å². The normalized spacial score (nSPS) is 17.1. The Morgan fingerprint density at radius 2 is 1.85 bits per heavy atom. The lowest BCUT2D eigenvalue weighted by atomic mass is 10.0. The Hall–Kier alpha value is -1.26. The van der Waals surface area contributed by atoms with Gasteiger partial charge < -0.3 is 14.8 Å². The summed E-state index contributed by atoms with van der Waals surface area (Å²) in [4.78, 5) is 2.51. The molecule has 0 spiro atoms. The van der Waals surface area contributed by atoms with Gasteiger partial charge in [-0.25, -0.2) is 0 Å². The van der Waals surface area contributed by atoms with E-state index in [0.29, 0.717) is 6.04 Å². The van der Waals surface area contributed by atoms with Gasteiger partial charge in [-0.05, 0) is 50.2 Å². The highest BCUT2D eigenvalue weighted by molar-refractivity contribution is 5.42. The van der Waals surface area contributed by atoms with Crippen molar-refractivity contribution in [3.8, 4) is 11.5 Å². The van der Waals surface area contributed by atoms with Gasteiger partial charge in [0.05, 0.1) is 14.2 Å². The zero-order chi connectivity index (χ0) is 14.4. The number of hydrogen-bond donors (Lipinski definition) is 1. The molecular weight excluding hydrogens is 252 g/mol. The summed E-state index contributed by atoms with van der Waals surface area (Å²) in [7, 11) is 3.35. The highest BCUT2D eigenvalue weighted by Gasteiger charge is 2.18. The fraction of sp³-hybridized carbons (Fsp3) is 0.625. The first-order valence-electron chi connectivity index (χ1n) is 7.43. The second-order valence-corrected chi connectivity index (χ2v) is 5.30. The quantitative estimate of drug-likeness (QED) is 0.865. The van der Waals surface area contributed by atoms with Gasteiger partial charge in [0.15, 0.2) is 11.5 Å². The van der Waals surface area contributed by atoms with Gasteiger partial charge in [0.25, 0.3) is 0 Å².